The molecule has 0 radical (unpaired) electrons. The van der Waals surface area contributed by atoms with Gasteiger partial charge in [0.25, 0.3) is 0 Å². The number of carbonyl (C=O) groups excluding carboxylic acids is 2. The molecule has 1 aromatic carbocycles. The van der Waals surface area contributed by atoms with Crippen LogP contribution in [-0.4, -0.2) is 22.6 Å². The second-order valence-electron chi connectivity index (χ2n) is 7.24. The molecule has 0 heterocycles. The van der Waals surface area contributed by atoms with Crippen LogP contribution in [0.4, 0.5) is 0 Å². The molecule has 0 aliphatic heterocycles. The summed E-state index contributed by atoms with van der Waals surface area (Å²) in [5, 5.41) is 13.8. The Kier molecular flexibility index (Phi) is 6.37. The Bertz CT molecular complexity index is 717. The zero-order chi connectivity index (χ0) is 19.3. The van der Waals surface area contributed by atoms with Crippen molar-refractivity contribution in [3.05, 3.63) is 59.4 Å². The molecule has 1 aliphatic carbocycles. The van der Waals surface area contributed by atoms with Gasteiger partial charge in [-0.25, -0.2) is 0 Å². The second-order valence-corrected chi connectivity index (χ2v) is 7.24. The first-order valence-corrected chi connectivity index (χ1v) is 8.84. The van der Waals surface area contributed by atoms with E-state index in [1.807, 2.05) is 44.2 Å². The highest BCUT2D eigenvalue weighted by atomic mass is 16.5. The van der Waals surface area contributed by atoms with Crippen molar-refractivity contribution in [1.82, 2.24) is 5.32 Å². The average Bonchev–Trinajstić information content (AvgIpc) is 2.68. The van der Waals surface area contributed by atoms with E-state index in [0.717, 1.165) is 11.1 Å². The standard InChI is InChI=1S/C21H27NO4/c1-14(2)17-10-18(26-15(3)23)12-21(4,25)19(11-17)20(24)22-13-16-8-6-5-7-9-16/h5-11,14,19,25H,12-13H2,1-4H3,(H,22,24)/t19-,21-/m0/s1. The molecule has 1 aliphatic rings. The third kappa shape index (κ3) is 5.30. The minimum Gasteiger partial charge on any atom is -0.431 e. The second kappa shape index (κ2) is 8.32. The normalized spacial score (nSPS) is 22.9. The lowest BCUT2D eigenvalue weighted by Crippen LogP contribution is -2.44. The zero-order valence-corrected chi connectivity index (χ0v) is 15.8. The van der Waals surface area contributed by atoms with E-state index in [9.17, 15) is 14.7 Å². The van der Waals surface area contributed by atoms with Crippen molar-refractivity contribution >= 4 is 11.9 Å². The molecule has 0 saturated carbocycles. The first-order valence-electron chi connectivity index (χ1n) is 8.84. The van der Waals surface area contributed by atoms with Gasteiger partial charge in [0, 0.05) is 19.9 Å². The largest absolute Gasteiger partial charge is 0.431 e. The molecule has 2 N–H and O–H groups in total. The molecule has 0 bridgehead atoms. The van der Waals surface area contributed by atoms with E-state index < -0.39 is 17.5 Å². The molecule has 1 amide bonds. The Morgan fingerprint density at radius 2 is 1.96 bits per heavy atom. The van der Waals surface area contributed by atoms with Crippen molar-refractivity contribution in [3.8, 4) is 0 Å². The molecule has 2 rings (SSSR count). The molecule has 26 heavy (non-hydrogen) atoms. The lowest BCUT2D eigenvalue weighted by Gasteiger charge is -2.29. The van der Waals surface area contributed by atoms with Crippen molar-refractivity contribution in [1.29, 1.82) is 0 Å². The molecular weight excluding hydrogens is 330 g/mol. The lowest BCUT2D eigenvalue weighted by molar-refractivity contribution is -0.138. The van der Waals surface area contributed by atoms with Crippen LogP contribution < -0.4 is 5.32 Å². The third-order valence-electron chi connectivity index (χ3n) is 4.42. The van der Waals surface area contributed by atoms with Crippen LogP contribution >= 0.6 is 0 Å². The number of benzene rings is 1. The maximum absolute atomic E-state index is 12.8. The Balaban J connectivity index is 2.22. The molecule has 0 unspecified atom stereocenters. The quantitative estimate of drug-likeness (QED) is 0.794. The van der Waals surface area contributed by atoms with Gasteiger partial charge >= 0.3 is 5.97 Å². The summed E-state index contributed by atoms with van der Waals surface area (Å²) >= 11 is 0. The topological polar surface area (TPSA) is 75.6 Å². The number of aliphatic hydroxyl groups is 1. The smallest absolute Gasteiger partial charge is 0.307 e. The molecule has 0 spiro atoms. The maximum atomic E-state index is 12.8. The van der Waals surface area contributed by atoms with Crippen LogP contribution in [0.15, 0.2) is 53.8 Å². The van der Waals surface area contributed by atoms with Crippen LogP contribution in [0.2, 0.25) is 0 Å². The van der Waals surface area contributed by atoms with Gasteiger partial charge in [-0.3, -0.25) is 9.59 Å². The predicted molar refractivity (Wildman–Crippen MR) is 99.8 cm³/mol. The van der Waals surface area contributed by atoms with Gasteiger partial charge in [-0.2, -0.15) is 0 Å². The molecule has 5 nitrogen and oxygen atoms in total. The Labute approximate surface area is 154 Å². The number of ether oxygens (including phenoxy) is 1. The maximum Gasteiger partial charge on any atom is 0.307 e. The number of nitrogens with one attached hydrogen (secondary N) is 1. The summed E-state index contributed by atoms with van der Waals surface area (Å²) in [7, 11) is 0. The number of rotatable bonds is 5. The Morgan fingerprint density at radius 3 is 2.54 bits per heavy atom. The third-order valence-corrected chi connectivity index (χ3v) is 4.42. The molecule has 0 fully saturated rings. The minimum atomic E-state index is -1.36. The summed E-state index contributed by atoms with van der Waals surface area (Å²) in [4.78, 5) is 24.1. The van der Waals surface area contributed by atoms with Crippen LogP contribution in [0.3, 0.4) is 0 Å². The van der Waals surface area contributed by atoms with Crippen molar-refractivity contribution in [2.45, 2.75) is 46.3 Å². The van der Waals surface area contributed by atoms with E-state index in [2.05, 4.69) is 5.32 Å². The lowest BCUT2D eigenvalue weighted by atomic mass is 9.84. The SMILES string of the molecule is CC(=O)OC1=CC(C(C)C)=C[C@@H](C(=O)NCc2ccccc2)[C@@](C)(O)C1. The molecule has 0 saturated heterocycles. The van der Waals surface area contributed by atoms with Gasteiger partial charge in [0.1, 0.15) is 5.76 Å². The fourth-order valence-electron chi connectivity index (χ4n) is 2.98. The van der Waals surface area contributed by atoms with E-state index in [-0.39, 0.29) is 18.2 Å². The van der Waals surface area contributed by atoms with Gasteiger partial charge in [-0.1, -0.05) is 50.3 Å². The number of hydrogen-bond donors (Lipinski definition) is 2. The fourth-order valence-corrected chi connectivity index (χ4v) is 2.98. The fraction of sp³-hybridized carbons (Fsp3) is 0.429. The number of amides is 1. The molecule has 140 valence electrons. The van der Waals surface area contributed by atoms with Crippen LogP contribution in [0.25, 0.3) is 0 Å². The number of carbonyl (C=O) groups is 2. The van der Waals surface area contributed by atoms with Gasteiger partial charge in [0.05, 0.1) is 11.5 Å². The monoisotopic (exact) mass is 357 g/mol. The summed E-state index contributed by atoms with van der Waals surface area (Å²) in [6.45, 7) is 7.29. The summed E-state index contributed by atoms with van der Waals surface area (Å²) in [6.07, 6.45) is 3.62. The van der Waals surface area contributed by atoms with E-state index in [0.29, 0.717) is 12.3 Å². The Hall–Kier alpha value is -2.40. The summed E-state index contributed by atoms with van der Waals surface area (Å²) in [5.74, 6) is -0.941. The highest BCUT2D eigenvalue weighted by Gasteiger charge is 2.39. The van der Waals surface area contributed by atoms with Crippen molar-refractivity contribution in [3.63, 3.8) is 0 Å². The van der Waals surface area contributed by atoms with Gasteiger partial charge in [0.15, 0.2) is 0 Å². The highest BCUT2D eigenvalue weighted by Crippen LogP contribution is 2.34. The zero-order valence-electron chi connectivity index (χ0n) is 15.8. The van der Waals surface area contributed by atoms with Crippen molar-refractivity contribution in [2.75, 3.05) is 0 Å². The summed E-state index contributed by atoms with van der Waals surface area (Å²) in [6, 6.07) is 9.61. The molecule has 1 aromatic rings. The van der Waals surface area contributed by atoms with Crippen LogP contribution in [0.5, 0.6) is 0 Å². The number of allylic oxidation sites excluding steroid dienone is 2. The average molecular weight is 357 g/mol. The van der Waals surface area contributed by atoms with Crippen molar-refractivity contribution in [2.24, 2.45) is 11.8 Å². The van der Waals surface area contributed by atoms with Crippen molar-refractivity contribution < 1.29 is 19.4 Å². The van der Waals surface area contributed by atoms with Gasteiger partial charge < -0.3 is 15.2 Å². The molecule has 0 aromatic heterocycles. The van der Waals surface area contributed by atoms with Gasteiger partial charge in [-0.05, 0) is 30.1 Å². The van der Waals surface area contributed by atoms with Gasteiger partial charge in [-0.15, -0.1) is 0 Å². The minimum absolute atomic E-state index is 0.0860. The first kappa shape index (κ1) is 19.9. The summed E-state index contributed by atoms with van der Waals surface area (Å²) in [5.41, 5.74) is 0.485. The van der Waals surface area contributed by atoms with Crippen LogP contribution in [0, 0.1) is 11.8 Å². The van der Waals surface area contributed by atoms with E-state index in [4.69, 9.17) is 4.74 Å². The molecular formula is C21H27NO4. The highest BCUT2D eigenvalue weighted by molar-refractivity contribution is 5.82. The van der Waals surface area contributed by atoms with E-state index in [1.165, 1.54) is 6.92 Å². The van der Waals surface area contributed by atoms with Gasteiger partial charge in [0.2, 0.25) is 5.91 Å². The van der Waals surface area contributed by atoms with Crippen LogP contribution in [0.1, 0.15) is 39.7 Å². The molecule has 2 atom stereocenters. The predicted octanol–water partition coefficient (Wildman–Crippen LogP) is 3.10. The Morgan fingerprint density at radius 1 is 1.31 bits per heavy atom. The van der Waals surface area contributed by atoms with E-state index >= 15 is 0 Å². The molecule has 5 heteroatoms. The van der Waals surface area contributed by atoms with E-state index in [1.54, 1.807) is 19.1 Å². The summed E-state index contributed by atoms with van der Waals surface area (Å²) < 4.78 is 5.23. The number of esters is 1. The first-order chi connectivity index (χ1) is 12.2. The van der Waals surface area contributed by atoms with Crippen LogP contribution in [-0.2, 0) is 20.9 Å². The number of hydrogen-bond acceptors (Lipinski definition) is 4.